The molecule has 3 heterocycles. The summed E-state index contributed by atoms with van der Waals surface area (Å²) >= 11 is 0. The Kier molecular flexibility index (Phi) is 4.19. The molecule has 136 valence electrons. The summed E-state index contributed by atoms with van der Waals surface area (Å²) < 4.78 is 2.02. The van der Waals surface area contributed by atoms with Gasteiger partial charge < -0.3 is 16.0 Å². The third-order valence-corrected chi connectivity index (χ3v) is 4.58. The van der Waals surface area contributed by atoms with E-state index in [1.807, 2.05) is 29.7 Å². The van der Waals surface area contributed by atoms with Gasteiger partial charge in [0.25, 0.3) is 0 Å². The Morgan fingerprint density at radius 3 is 2.52 bits per heavy atom. The van der Waals surface area contributed by atoms with Gasteiger partial charge in [0.15, 0.2) is 5.65 Å². The van der Waals surface area contributed by atoms with Crippen LogP contribution in [0.3, 0.4) is 0 Å². The van der Waals surface area contributed by atoms with Gasteiger partial charge in [0.1, 0.15) is 22.9 Å². The number of nitrogen functional groups attached to an aromatic ring is 2. The summed E-state index contributed by atoms with van der Waals surface area (Å²) in [4.78, 5) is 18.0. The molecule has 3 aromatic heterocycles. The fourth-order valence-electron chi connectivity index (χ4n) is 3.21. The van der Waals surface area contributed by atoms with Crippen LogP contribution in [-0.2, 0) is 13.0 Å². The normalized spacial score (nSPS) is 11.2. The maximum Gasteiger partial charge on any atom is 0.222 e. The van der Waals surface area contributed by atoms with Crippen molar-refractivity contribution in [2.75, 3.05) is 11.5 Å². The van der Waals surface area contributed by atoms with E-state index < -0.39 is 0 Å². The molecule has 7 nitrogen and oxygen atoms in total. The van der Waals surface area contributed by atoms with Crippen molar-refractivity contribution in [2.45, 2.75) is 26.8 Å². The van der Waals surface area contributed by atoms with Crippen molar-refractivity contribution < 1.29 is 0 Å². The van der Waals surface area contributed by atoms with Gasteiger partial charge in [0.2, 0.25) is 5.95 Å². The Bertz CT molecular complexity index is 1110. The van der Waals surface area contributed by atoms with E-state index in [0.717, 1.165) is 34.6 Å². The topological polar surface area (TPSA) is 109 Å². The third kappa shape index (κ3) is 2.97. The molecule has 0 saturated heterocycles. The minimum atomic E-state index is 0.232. The number of imidazole rings is 1. The highest BCUT2D eigenvalue weighted by molar-refractivity contribution is 5.91. The lowest BCUT2D eigenvalue weighted by Crippen LogP contribution is -2.03. The van der Waals surface area contributed by atoms with Crippen LogP contribution >= 0.6 is 0 Å². The molecule has 0 bridgehead atoms. The number of nitrogens with zero attached hydrogens (tertiary/aromatic N) is 5. The molecule has 27 heavy (non-hydrogen) atoms. The first-order valence-corrected chi connectivity index (χ1v) is 8.95. The van der Waals surface area contributed by atoms with Crippen LogP contribution in [0.5, 0.6) is 0 Å². The molecule has 0 saturated carbocycles. The van der Waals surface area contributed by atoms with Crippen molar-refractivity contribution in [3.63, 3.8) is 0 Å². The van der Waals surface area contributed by atoms with Crippen molar-refractivity contribution in [3.8, 4) is 22.6 Å². The van der Waals surface area contributed by atoms with E-state index in [2.05, 4.69) is 34.0 Å². The highest BCUT2D eigenvalue weighted by Gasteiger charge is 2.19. The van der Waals surface area contributed by atoms with Gasteiger partial charge in [-0.1, -0.05) is 25.1 Å². The molecule has 7 heteroatoms. The number of nitrogens with two attached hydrogens (primary N) is 2. The SMILES string of the molecule is CCc1cccc(-c2nc(N)nc3c2nc(-c2ccc(N)nc2)n3CC)c1. The van der Waals surface area contributed by atoms with Crippen molar-refractivity contribution in [2.24, 2.45) is 0 Å². The lowest BCUT2D eigenvalue weighted by Gasteiger charge is -2.07. The minimum Gasteiger partial charge on any atom is -0.384 e. The predicted octanol–water partition coefficient (Wildman–Crippen LogP) is 3.30. The predicted molar refractivity (Wildman–Crippen MR) is 108 cm³/mol. The molecular weight excluding hydrogens is 338 g/mol. The number of fused-ring (bicyclic) bond motifs is 1. The van der Waals surface area contributed by atoms with Crippen LogP contribution in [0.4, 0.5) is 11.8 Å². The standard InChI is InChI=1S/C20H21N7/c1-3-12-6-5-7-13(10-12)16-17-19(26-20(22)25-16)27(4-2)18(24-17)14-8-9-15(21)23-11-14/h5-11H,3-4H2,1-2H3,(H2,21,23)(H2,22,25,26). The summed E-state index contributed by atoms with van der Waals surface area (Å²) in [6.45, 7) is 4.87. The van der Waals surface area contributed by atoms with Crippen molar-refractivity contribution >= 4 is 22.9 Å². The molecular formula is C20H21N7. The molecule has 0 atom stereocenters. The van der Waals surface area contributed by atoms with Gasteiger partial charge in [-0.3, -0.25) is 0 Å². The highest BCUT2D eigenvalue weighted by Crippen LogP contribution is 2.31. The Morgan fingerprint density at radius 1 is 0.963 bits per heavy atom. The second-order valence-corrected chi connectivity index (χ2v) is 6.31. The molecule has 0 unspecified atom stereocenters. The first-order valence-electron chi connectivity index (χ1n) is 8.95. The van der Waals surface area contributed by atoms with Crippen LogP contribution in [0.25, 0.3) is 33.8 Å². The number of aryl methyl sites for hydroxylation is 2. The zero-order valence-electron chi connectivity index (χ0n) is 15.3. The fourth-order valence-corrected chi connectivity index (χ4v) is 3.21. The lowest BCUT2D eigenvalue weighted by molar-refractivity contribution is 0.786. The van der Waals surface area contributed by atoms with Crippen molar-refractivity contribution in [1.82, 2.24) is 24.5 Å². The number of anilines is 2. The molecule has 4 rings (SSSR count). The van der Waals surface area contributed by atoms with Gasteiger partial charge in [-0.05, 0) is 37.1 Å². The first kappa shape index (κ1) is 17.0. The van der Waals surface area contributed by atoms with Gasteiger partial charge in [0.05, 0.1) is 0 Å². The smallest absolute Gasteiger partial charge is 0.222 e. The summed E-state index contributed by atoms with van der Waals surface area (Å²) in [5, 5.41) is 0. The molecule has 0 radical (unpaired) electrons. The minimum absolute atomic E-state index is 0.232. The van der Waals surface area contributed by atoms with E-state index in [1.165, 1.54) is 5.56 Å². The van der Waals surface area contributed by atoms with E-state index in [1.54, 1.807) is 12.3 Å². The van der Waals surface area contributed by atoms with Crippen LogP contribution in [0.1, 0.15) is 19.4 Å². The van der Waals surface area contributed by atoms with Crippen molar-refractivity contribution in [3.05, 3.63) is 48.2 Å². The Labute approximate surface area is 157 Å². The molecule has 0 spiro atoms. The Hall–Kier alpha value is -3.48. The summed E-state index contributed by atoms with van der Waals surface area (Å²) in [5.41, 5.74) is 17.0. The summed E-state index contributed by atoms with van der Waals surface area (Å²) in [6.07, 6.45) is 2.67. The molecule has 0 amide bonds. The molecule has 4 N–H and O–H groups in total. The van der Waals surface area contributed by atoms with Crippen LogP contribution in [-0.4, -0.2) is 24.5 Å². The monoisotopic (exact) mass is 359 g/mol. The summed E-state index contributed by atoms with van der Waals surface area (Å²) in [5.74, 6) is 1.47. The van der Waals surface area contributed by atoms with Crippen LogP contribution in [0, 0.1) is 0 Å². The van der Waals surface area contributed by atoms with E-state index in [4.69, 9.17) is 16.5 Å². The third-order valence-electron chi connectivity index (χ3n) is 4.58. The second kappa shape index (κ2) is 6.68. The van der Waals surface area contributed by atoms with Gasteiger partial charge in [-0.25, -0.2) is 15.0 Å². The molecule has 0 aliphatic heterocycles. The van der Waals surface area contributed by atoms with E-state index in [0.29, 0.717) is 18.0 Å². The van der Waals surface area contributed by atoms with Crippen molar-refractivity contribution in [1.29, 1.82) is 0 Å². The maximum atomic E-state index is 6.03. The first-order chi connectivity index (χ1) is 13.1. The van der Waals surface area contributed by atoms with Gasteiger partial charge in [0, 0.05) is 23.9 Å². The van der Waals surface area contributed by atoms with Crippen LogP contribution in [0.2, 0.25) is 0 Å². The van der Waals surface area contributed by atoms with Gasteiger partial charge in [-0.15, -0.1) is 0 Å². The molecule has 0 fully saturated rings. The number of hydrogen-bond acceptors (Lipinski definition) is 6. The number of pyridine rings is 1. The average molecular weight is 359 g/mol. The quantitative estimate of drug-likeness (QED) is 0.579. The zero-order chi connectivity index (χ0) is 19.0. The maximum absolute atomic E-state index is 6.03. The van der Waals surface area contributed by atoms with Crippen LogP contribution < -0.4 is 11.5 Å². The highest BCUT2D eigenvalue weighted by atomic mass is 15.2. The number of aromatic nitrogens is 5. The van der Waals surface area contributed by atoms with E-state index in [-0.39, 0.29) is 5.95 Å². The Morgan fingerprint density at radius 2 is 1.81 bits per heavy atom. The van der Waals surface area contributed by atoms with Gasteiger partial charge in [-0.2, -0.15) is 4.98 Å². The second-order valence-electron chi connectivity index (χ2n) is 6.31. The fraction of sp³-hybridized carbons (Fsp3) is 0.200. The largest absolute Gasteiger partial charge is 0.384 e. The van der Waals surface area contributed by atoms with Gasteiger partial charge >= 0.3 is 0 Å². The summed E-state index contributed by atoms with van der Waals surface area (Å²) in [6, 6.07) is 11.9. The number of benzene rings is 1. The molecule has 4 aromatic rings. The summed E-state index contributed by atoms with van der Waals surface area (Å²) in [7, 11) is 0. The van der Waals surface area contributed by atoms with E-state index in [9.17, 15) is 0 Å². The lowest BCUT2D eigenvalue weighted by atomic mass is 10.1. The van der Waals surface area contributed by atoms with E-state index >= 15 is 0 Å². The molecule has 0 aliphatic rings. The number of hydrogen-bond donors (Lipinski definition) is 2. The number of rotatable bonds is 4. The molecule has 0 aliphatic carbocycles. The average Bonchev–Trinajstić information content (AvgIpc) is 3.06. The Balaban J connectivity index is 1.99. The van der Waals surface area contributed by atoms with Crippen LogP contribution in [0.15, 0.2) is 42.6 Å². The zero-order valence-corrected chi connectivity index (χ0v) is 15.3. The molecule has 1 aromatic carbocycles.